The van der Waals surface area contributed by atoms with Crippen molar-refractivity contribution in [3.8, 4) is 17.2 Å². The molecule has 2 aromatic rings. The standard InChI is InChI=1S/C20H22FNO6/c1-26-17-7-12(8-18(27-2)20(17)28-3)6-16(24)13-4-5-14(11-23)15(9-13)22-19(25)10-21/h4-5,7-9,23H,6,10-11H2,1-3H3,(H,22,25). The summed E-state index contributed by atoms with van der Waals surface area (Å²) in [6, 6.07) is 7.81. The third kappa shape index (κ3) is 4.77. The predicted molar refractivity (Wildman–Crippen MR) is 101 cm³/mol. The van der Waals surface area contributed by atoms with E-state index in [4.69, 9.17) is 14.2 Å². The van der Waals surface area contributed by atoms with Crippen LogP contribution in [0.25, 0.3) is 0 Å². The Hall–Kier alpha value is -3.13. The number of rotatable bonds is 9. The SMILES string of the molecule is COc1cc(CC(=O)c2ccc(CO)c(NC(=O)CF)c2)cc(OC)c1OC. The van der Waals surface area contributed by atoms with Crippen molar-refractivity contribution >= 4 is 17.4 Å². The Labute approximate surface area is 162 Å². The molecule has 0 spiro atoms. The van der Waals surface area contributed by atoms with Crippen LogP contribution in [0.2, 0.25) is 0 Å². The molecule has 7 nitrogen and oxygen atoms in total. The van der Waals surface area contributed by atoms with Crippen LogP contribution in [0.1, 0.15) is 21.5 Å². The lowest BCUT2D eigenvalue weighted by Gasteiger charge is -2.14. The van der Waals surface area contributed by atoms with Gasteiger partial charge in [-0.1, -0.05) is 12.1 Å². The number of ether oxygens (including phenoxy) is 3. The number of benzene rings is 2. The fourth-order valence-electron chi connectivity index (χ4n) is 2.71. The van der Waals surface area contributed by atoms with Gasteiger partial charge in [0.15, 0.2) is 24.0 Å². The number of aliphatic hydroxyl groups is 1. The van der Waals surface area contributed by atoms with E-state index in [1.165, 1.54) is 39.5 Å². The molecule has 0 heterocycles. The number of carbonyl (C=O) groups is 2. The van der Waals surface area contributed by atoms with Gasteiger partial charge in [-0.05, 0) is 23.8 Å². The molecule has 8 heteroatoms. The molecule has 2 N–H and O–H groups in total. The van der Waals surface area contributed by atoms with Crippen LogP contribution in [-0.2, 0) is 17.8 Å². The zero-order valence-corrected chi connectivity index (χ0v) is 15.9. The van der Waals surface area contributed by atoms with E-state index in [9.17, 15) is 19.1 Å². The van der Waals surface area contributed by atoms with Gasteiger partial charge in [0, 0.05) is 23.2 Å². The van der Waals surface area contributed by atoms with Crippen LogP contribution >= 0.6 is 0 Å². The molecule has 0 unspecified atom stereocenters. The third-order valence-electron chi connectivity index (χ3n) is 4.09. The summed E-state index contributed by atoms with van der Waals surface area (Å²) in [6.07, 6.45) is 0.0334. The molecule has 0 saturated heterocycles. The van der Waals surface area contributed by atoms with Crippen molar-refractivity contribution in [2.24, 2.45) is 0 Å². The number of hydrogen-bond donors (Lipinski definition) is 2. The van der Waals surface area contributed by atoms with Crippen LogP contribution in [0.4, 0.5) is 10.1 Å². The molecule has 0 bridgehead atoms. The van der Waals surface area contributed by atoms with E-state index >= 15 is 0 Å². The highest BCUT2D eigenvalue weighted by Gasteiger charge is 2.17. The maximum Gasteiger partial charge on any atom is 0.255 e. The summed E-state index contributed by atoms with van der Waals surface area (Å²) >= 11 is 0. The van der Waals surface area contributed by atoms with E-state index in [1.54, 1.807) is 12.1 Å². The van der Waals surface area contributed by atoms with Gasteiger partial charge in [-0.3, -0.25) is 9.59 Å². The van der Waals surface area contributed by atoms with Crippen molar-refractivity contribution in [2.45, 2.75) is 13.0 Å². The second kappa shape index (κ2) is 9.70. The Morgan fingerprint density at radius 1 is 1.04 bits per heavy atom. The molecule has 2 aromatic carbocycles. The number of anilines is 1. The van der Waals surface area contributed by atoms with Gasteiger partial charge in [0.05, 0.1) is 27.9 Å². The number of methoxy groups -OCH3 is 3. The molecule has 0 aliphatic heterocycles. The molecule has 0 radical (unpaired) electrons. The summed E-state index contributed by atoms with van der Waals surface area (Å²) in [4.78, 5) is 24.0. The quantitative estimate of drug-likeness (QED) is 0.638. The highest BCUT2D eigenvalue weighted by Crippen LogP contribution is 2.38. The second-order valence-electron chi connectivity index (χ2n) is 5.85. The first kappa shape index (κ1) is 21.2. The summed E-state index contributed by atoms with van der Waals surface area (Å²) in [5.41, 5.74) is 1.52. The fraction of sp³-hybridized carbons (Fsp3) is 0.300. The van der Waals surface area contributed by atoms with Crippen LogP contribution in [0.15, 0.2) is 30.3 Å². The van der Waals surface area contributed by atoms with Crippen molar-refractivity contribution in [3.63, 3.8) is 0 Å². The number of halogens is 1. The average molecular weight is 391 g/mol. The van der Waals surface area contributed by atoms with Crippen molar-refractivity contribution < 1.29 is 33.3 Å². The van der Waals surface area contributed by atoms with E-state index in [2.05, 4.69) is 5.32 Å². The second-order valence-corrected chi connectivity index (χ2v) is 5.85. The Morgan fingerprint density at radius 3 is 2.18 bits per heavy atom. The predicted octanol–water partition coefficient (Wildman–Crippen LogP) is 2.54. The van der Waals surface area contributed by atoms with E-state index in [1.807, 2.05) is 0 Å². The summed E-state index contributed by atoms with van der Waals surface area (Å²) in [7, 11) is 4.45. The number of amides is 1. The highest BCUT2D eigenvalue weighted by atomic mass is 19.1. The Kier molecular flexibility index (Phi) is 7.34. The van der Waals surface area contributed by atoms with E-state index in [0.717, 1.165) is 0 Å². The van der Waals surface area contributed by atoms with Gasteiger partial charge in [-0.2, -0.15) is 0 Å². The lowest BCUT2D eigenvalue weighted by atomic mass is 10.00. The van der Waals surface area contributed by atoms with Crippen LogP contribution in [0, 0.1) is 0 Å². The molecular formula is C20H22FNO6. The lowest BCUT2D eigenvalue weighted by Crippen LogP contribution is -2.15. The van der Waals surface area contributed by atoms with Crippen LogP contribution in [-0.4, -0.2) is 44.8 Å². The molecule has 0 atom stereocenters. The summed E-state index contributed by atoms with van der Waals surface area (Å²) < 4.78 is 28.3. The van der Waals surface area contributed by atoms with Crippen molar-refractivity contribution in [1.82, 2.24) is 0 Å². The van der Waals surface area contributed by atoms with Crippen molar-refractivity contribution in [3.05, 3.63) is 47.0 Å². The molecule has 0 aromatic heterocycles. The molecule has 28 heavy (non-hydrogen) atoms. The first-order chi connectivity index (χ1) is 13.5. The van der Waals surface area contributed by atoms with Gasteiger partial charge in [-0.25, -0.2) is 4.39 Å². The van der Waals surface area contributed by atoms with Gasteiger partial charge in [0.2, 0.25) is 5.75 Å². The van der Waals surface area contributed by atoms with Gasteiger partial charge < -0.3 is 24.6 Å². The molecule has 150 valence electrons. The first-order valence-corrected chi connectivity index (χ1v) is 8.39. The number of Topliss-reactive ketones (excluding diaryl/α,β-unsaturated/α-hetero) is 1. The van der Waals surface area contributed by atoms with Gasteiger partial charge in [-0.15, -0.1) is 0 Å². The normalized spacial score (nSPS) is 10.3. The molecule has 0 aliphatic rings. The zero-order chi connectivity index (χ0) is 20.7. The Morgan fingerprint density at radius 2 is 1.68 bits per heavy atom. The first-order valence-electron chi connectivity index (χ1n) is 8.39. The van der Waals surface area contributed by atoms with Crippen molar-refractivity contribution in [2.75, 3.05) is 33.3 Å². The number of carbonyl (C=O) groups excluding carboxylic acids is 2. The zero-order valence-electron chi connectivity index (χ0n) is 15.9. The minimum Gasteiger partial charge on any atom is -0.493 e. The number of nitrogens with one attached hydrogen (secondary N) is 1. The average Bonchev–Trinajstić information content (AvgIpc) is 2.72. The lowest BCUT2D eigenvalue weighted by molar-refractivity contribution is -0.117. The largest absolute Gasteiger partial charge is 0.493 e. The monoisotopic (exact) mass is 391 g/mol. The van der Waals surface area contributed by atoms with E-state index < -0.39 is 12.6 Å². The number of alkyl halides is 1. The molecule has 1 amide bonds. The van der Waals surface area contributed by atoms with E-state index in [0.29, 0.717) is 33.9 Å². The number of aliphatic hydroxyl groups excluding tert-OH is 1. The fourth-order valence-corrected chi connectivity index (χ4v) is 2.71. The summed E-state index contributed by atoms with van der Waals surface area (Å²) in [5.74, 6) is 0.176. The van der Waals surface area contributed by atoms with Crippen LogP contribution in [0.5, 0.6) is 17.2 Å². The minimum atomic E-state index is -1.20. The smallest absolute Gasteiger partial charge is 0.255 e. The molecule has 0 aliphatic carbocycles. The van der Waals surface area contributed by atoms with Crippen molar-refractivity contribution in [1.29, 1.82) is 0 Å². The topological polar surface area (TPSA) is 94.1 Å². The Bertz CT molecular complexity index is 843. The molecular weight excluding hydrogens is 369 g/mol. The van der Waals surface area contributed by atoms with Gasteiger partial charge >= 0.3 is 0 Å². The van der Waals surface area contributed by atoms with Gasteiger partial charge in [0.25, 0.3) is 5.91 Å². The maximum atomic E-state index is 12.7. The number of hydrogen-bond acceptors (Lipinski definition) is 6. The maximum absolute atomic E-state index is 12.7. The molecule has 0 saturated carbocycles. The molecule has 0 fully saturated rings. The summed E-state index contributed by atoms with van der Waals surface area (Å²) in [6.45, 7) is -1.56. The van der Waals surface area contributed by atoms with E-state index in [-0.39, 0.29) is 24.5 Å². The Balaban J connectivity index is 2.32. The minimum absolute atomic E-state index is 0.0334. The van der Waals surface area contributed by atoms with Crippen LogP contribution in [0.3, 0.4) is 0 Å². The van der Waals surface area contributed by atoms with Gasteiger partial charge in [0.1, 0.15) is 0 Å². The molecule has 2 rings (SSSR count). The third-order valence-corrected chi connectivity index (χ3v) is 4.09. The number of ketones is 1. The highest BCUT2D eigenvalue weighted by molar-refractivity contribution is 6.00. The van der Waals surface area contributed by atoms with Crippen LogP contribution < -0.4 is 19.5 Å². The summed E-state index contributed by atoms with van der Waals surface area (Å²) in [5, 5.41) is 11.7.